The molecule has 1 aromatic carbocycles. The first-order chi connectivity index (χ1) is 14.1. The molecule has 0 aliphatic carbocycles. The lowest BCUT2D eigenvalue weighted by atomic mass is 9.85. The van der Waals surface area contributed by atoms with Crippen molar-refractivity contribution in [3.05, 3.63) is 57.6 Å². The molecule has 3 heterocycles. The van der Waals surface area contributed by atoms with Crippen molar-refractivity contribution in [1.82, 2.24) is 4.98 Å². The standard InChI is InChI=1S/C19H16ClF3N4O2S/c1-7-4-10(26-15(28)13-8(2)3-9(20)6-25-13)5-11(12(7)21)19(17(22)23)14-16(30-14)29-18(24)27-19/h3-6,14,16-17H,1-2H3,(H2,24,27)(H,26,28)/t14-,16+,19+/m0/s1. The molecule has 3 N–H and O–H groups in total. The summed E-state index contributed by atoms with van der Waals surface area (Å²) in [6.45, 7) is 3.08. The van der Waals surface area contributed by atoms with Crippen molar-refractivity contribution in [2.45, 2.75) is 36.5 Å². The Bertz CT molecular complexity index is 1080. The molecule has 11 heteroatoms. The summed E-state index contributed by atoms with van der Waals surface area (Å²) < 4.78 is 48.7. The molecule has 1 saturated heterocycles. The van der Waals surface area contributed by atoms with Crippen LogP contribution in [0.25, 0.3) is 0 Å². The number of alkyl halides is 2. The van der Waals surface area contributed by atoms with Gasteiger partial charge in [-0.05, 0) is 43.2 Å². The number of carbonyl (C=O) groups excluding carboxylic acids is 1. The van der Waals surface area contributed by atoms with E-state index in [0.717, 1.165) is 17.8 Å². The zero-order valence-corrected chi connectivity index (χ0v) is 17.3. The quantitative estimate of drug-likeness (QED) is 0.679. The van der Waals surface area contributed by atoms with Crippen LogP contribution in [0.5, 0.6) is 0 Å². The van der Waals surface area contributed by atoms with E-state index in [-0.39, 0.29) is 22.5 Å². The maximum Gasteiger partial charge on any atom is 0.284 e. The molecule has 3 atom stereocenters. The normalized spacial score (nSPS) is 24.7. The van der Waals surface area contributed by atoms with Gasteiger partial charge in [0, 0.05) is 17.4 Å². The van der Waals surface area contributed by atoms with Crippen molar-refractivity contribution in [2.75, 3.05) is 5.32 Å². The number of anilines is 1. The number of ether oxygens (including phenoxy) is 1. The number of nitrogens with one attached hydrogen (secondary N) is 1. The lowest BCUT2D eigenvalue weighted by Crippen LogP contribution is -2.46. The molecule has 158 valence electrons. The van der Waals surface area contributed by atoms with Crippen LogP contribution in [-0.4, -0.2) is 34.0 Å². The first-order valence-electron chi connectivity index (χ1n) is 8.83. The summed E-state index contributed by atoms with van der Waals surface area (Å²) in [4.78, 5) is 20.5. The molecule has 0 saturated carbocycles. The molecule has 0 spiro atoms. The number of amides is 1. The molecule has 6 nitrogen and oxygen atoms in total. The van der Waals surface area contributed by atoms with E-state index >= 15 is 4.39 Å². The second-order valence-corrected chi connectivity index (χ2v) is 8.73. The monoisotopic (exact) mass is 456 g/mol. The maximum absolute atomic E-state index is 15.0. The maximum atomic E-state index is 15.0. The van der Waals surface area contributed by atoms with Gasteiger partial charge in [-0.2, -0.15) is 0 Å². The summed E-state index contributed by atoms with van der Waals surface area (Å²) in [6, 6.07) is 3.66. The average molecular weight is 457 g/mol. The Kier molecular flexibility index (Phi) is 5.09. The second-order valence-electron chi connectivity index (χ2n) is 7.05. The Morgan fingerprint density at radius 1 is 1.33 bits per heavy atom. The van der Waals surface area contributed by atoms with Crippen molar-refractivity contribution in [3.63, 3.8) is 0 Å². The summed E-state index contributed by atoms with van der Waals surface area (Å²) in [5.74, 6) is -1.42. The zero-order valence-electron chi connectivity index (χ0n) is 15.7. The number of nitrogens with two attached hydrogens (primary N) is 1. The highest BCUT2D eigenvalue weighted by Gasteiger charge is 2.65. The molecule has 2 aliphatic heterocycles. The smallest absolute Gasteiger partial charge is 0.284 e. The number of aliphatic imine (C=N–C) groups is 1. The fourth-order valence-corrected chi connectivity index (χ4v) is 4.81. The third-order valence-electron chi connectivity index (χ3n) is 4.95. The van der Waals surface area contributed by atoms with Crippen LogP contribution in [0.15, 0.2) is 29.4 Å². The van der Waals surface area contributed by atoms with E-state index in [4.69, 9.17) is 22.1 Å². The molecule has 0 bridgehead atoms. The highest BCUT2D eigenvalue weighted by molar-refractivity contribution is 8.07. The molecule has 1 fully saturated rings. The fourth-order valence-electron chi connectivity index (χ4n) is 3.50. The first-order valence-corrected chi connectivity index (χ1v) is 10.1. The van der Waals surface area contributed by atoms with Crippen molar-refractivity contribution in [1.29, 1.82) is 0 Å². The summed E-state index contributed by atoms with van der Waals surface area (Å²) in [5.41, 5.74) is 3.26. The molecular formula is C19H16ClF3N4O2S. The van der Waals surface area contributed by atoms with Gasteiger partial charge in [-0.15, -0.1) is 11.8 Å². The lowest BCUT2D eigenvalue weighted by molar-refractivity contribution is 0.0351. The second kappa shape index (κ2) is 7.35. The number of fused-ring (bicyclic) bond motifs is 1. The van der Waals surface area contributed by atoms with Gasteiger partial charge in [-0.1, -0.05) is 11.6 Å². The Balaban J connectivity index is 1.76. The van der Waals surface area contributed by atoms with Crippen LogP contribution in [-0.2, 0) is 10.3 Å². The van der Waals surface area contributed by atoms with Crippen LogP contribution >= 0.6 is 23.4 Å². The van der Waals surface area contributed by atoms with Gasteiger partial charge in [-0.3, -0.25) is 4.79 Å². The minimum absolute atomic E-state index is 0.0751. The number of carbonyl (C=O) groups is 1. The number of pyridine rings is 1. The third kappa shape index (κ3) is 3.37. The third-order valence-corrected chi connectivity index (χ3v) is 6.38. The van der Waals surface area contributed by atoms with Gasteiger partial charge < -0.3 is 15.8 Å². The number of aryl methyl sites for hydroxylation is 2. The van der Waals surface area contributed by atoms with E-state index in [0.29, 0.717) is 10.6 Å². The molecule has 2 aliphatic rings. The van der Waals surface area contributed by atoms with Gasteiger partial charge in [0.15, 0.2) is 11.0 Å². The van der Waals surface area contributed by atoms with Gasteiger partial charge in [0.1, 0.15) is 11.5 Å². The van der Waals surface area contributed by atoms with Gasteiger partial charge in [0.25, 0.3) is 18.4 Å². The molecular weight excluding hydrogens is 441 g/mol. The van der Waals surface area contributed by atoms with Crippen LogP contribution in [0.3, 0.4) is 0 Å². The minimum atomic E-state index is -3.04. The Labute approximate surface area is 179 Å². The topological polar surface area (TPSA) is 89.6 Å². The minimum Gasteiger partial charge on any atom is -0.450 e. The number of hydrogen-bond acceptors (Lipinski definition) is 6. The van der Waals surface area contributed by atoms with E-state index in [9.17, 15) is 13.6 Å². The summed E-state index contributed by atoms with van der Waals surface area (Å²) in [6.07, 6.45) is -1.72. The SMILES string of the molecule is Cc1cc(Cl)cnc1C(=O)Nc1cc(C)c(F)c([C@@]2(C(F)F)N=C(N)O[C@@H]3S[C@@H]32)c1. The zero-order chi connectivity index (χ0) is 21.8. The molecule has 4 rings (SSSR count). The van der Waals surface area contributed by atoms with Crippen LogP contribution in [0.4, 0.5) is 18.9 Å². The first kappa shape index (κ1) is 20.8. The Morgan fingerprint density at radius 2 is 2.07 bits per heavy atom. The summed E-state index contributed by atoms with van der Waals surface area (Å²) in [7, 11) is 0. The van der Waals surface area contributed by atoms with Crippen LogP contribution in [0.1, 0.15) is 27.2 Å². The van der Waals surface area contributed by atoms with E-state index in [1.54, 1.807) is 13.0 Å². The van der Waals surface area contributed by atoms with Crippen molar-refractivity contribution in [2.24, 2.45) is 10.7 Å². The van der Waals surface area contributed by atoms with E-state index in [1.165, 1.54) is 19.2 Å². The number of halogens is 4. The van der Waals surface area contributed by atoms with E-state index in [2.05, 4.69) is 15.3 Å². The predicted molar refractivity (Wildman–Crippen MR) is 109 cm³/mol. The lowest BCUT2D eigenvalue weighted by Gasteiger charge is -2.32. The number of thioether (sulfide) groups is 1. The molecule has 0 radical (unpaired) electrons. The molecule has 1 amide bonds. The summed E-state index contributed by atoms with van der Waals surface area (Å²) in [5, 5.41) is 2.17. The predicted octanol–water partition coefficient (Wildman–Crippen LogP) is 3.99. The highest BCUT2D eigenvalue weighted by Crippen LogP contribution is 2.59. The van der Waals surface area contributed by atoms with E-state index < -0.39 is 40.4 Å². The summed E-state index contributed by atoms with van der Waals surface area (Å²) >= 11 is 6.95. The average Bonchev–Trinajstić information content (AvgIpc) is 3.43. The molecule has 1 aromatic heterocycles. The Morgan fingerprint density at radius 3 is 2.73 bits per heavy atom. The molecule has 2 aromatic rings. The largest absolute Gasteiger partial charge is 0.450 e. The van der Waals surface area contributed by atoms with Gasteiger partial charge in [0.05, 0.1) is 10.3 Å². The number of amidine groups is 1. The van der Waals surface area contributed by atoms with E-state index in [1.807, 2.05) is 0 Å². The Hall–Kier alpha value is -2.46. The van der Waals surface area contributed by atoms with Crippen molar-refractivity contribution >= 4 is 41.0 Å². The number of hydrogen-bond donors (Lipinski definition) is 2. The molecule has 30 heavy (non-hydrogen) atoms. The van der Waals surface area contributed by atoms with Crippen molar-refractivity contribution < 1.29 is 22.7 Å². The van der Waals surface area contributed by atoms with Crippen LogP contribution in [0.2, 0.25) is 5.02 Å². The number of rotatable bonds is 4. The van der Waals surface area contributed by atoms with Crippen molar-refractivity contribution in [3.8, 4) is 0 Å². The number of benzene rings is 1. The van der Waals surface area contributed by atoms with Crippen LogP contribution in [0, 0.1) is 19.7 Å². The van der Waals surface area contributed by atoms with Gasteiger partial charge >= 0.3 is 0 Å². The number of aromatic nitrogens is 1. The van der Waals surface area contributed by atoms with Gasteiger partial charge in [0.2, 0.25) is 0 Å². The highest BCUT2D eigenvalue weighted by atomic mass is 35.5. The molecule has 0 unspecified atom stereocenters. The van der Waals surface area contributed by atoms with Crippen LogP contribution < -0.4 is 11.1 Å². The number of nitrogens with zero attached hydrogens (tertiary/aromatic N) is 2. The fraction of sp³-hybridized carbons (Fsp3) is 0.316. The van der Waals surface area contributed by atoms with Gasteiger partial charge in [-0.25, -0.2) is 23.1 Å².